The van der Waals surface area contributed by atoms with E-state index in [4.69, 9.17) is 5.11 Å². The van der Waals surface area contributed by atoms with Crippen LogP contribution in [-0.2, 0) is 6.54 Å². The molecule has 3 rings (SSSR count). The molecule has 0 spiro atoms. The lowest BCUT2D eigenvalue weighted by molar-refractivity contribution is 0.143. The molecule has 1 unspecified atom stereocenters. The SMILES string of the molecule is CCNCC1CCN(c2nc3c(c(F)c2F)c(=O)c(OC(=O)O)cn3CC)C1. The minimum atomic E-state index is -1.71. The second kappa shape index (κ2) is 8.09. The molecule has 2 aromatic heterocycles. The van der Waals surface area contributed by atoms with Crippen molar-refractivity contribution in [3.63, 3.8) is 0 Å². The molecule has 152 valence electrons. The van der Waals surface area contributed by atoms with Gasteiger partial charge in [0.05, 0.1) is 6.20 Å². The van der Waals surface area contributed by atoms with Gasteiger partial charge in [-0.3, -0.25) is 4.79 Å². The van der Waals surface area contributed by atoms with E-state index in [-0.39, 0.29) is 18.0 Å². The Bertz CT molecular complexity index is 963. The highest BCUT2D eigenvalue weighted by atomic mass is 19.2. The lowest BCUT2D eigenvalue weighted by Crippen LogP contribution is -2.28. The Morgan fingerprint density at radius 3 is 2.79 bits per heavy atom. The lowest BCUT2D eigenvalue weighted by atomic mass is 10.1. The van der Waals surface area contributed by atoms with Crippen LogP contribution in [0.25, 0.3) is 11.0 Å². The Morgan fingerprint density at radius 1 is 1.39 bits per heavy atom. The van der Waals surface area contributed by atoms with Crippen LogP contribution in [0.3, 0.4) is 0 Å². The largest absolute Gasteiger partial charge is 0.511 e. The van der Waals surface area contributed by atoms with Gasteiger partial charge in [-0.25, -0.2) is 14.2 Å². The van der Waals surface area contributed by atoms with Crippen molar-refractivity contribution in [2.75, 3.05) is 31.1 Å². The number of nitrogens with zero attached hydrogens (tertiary/aromatic N) is 3. The fraction of sp³-hybridized carbons (Fsp3) is 0.500. The number of aryl methyl sites for hydroxylation is 1. The molecule has 1 fully saturated rings. The van der Waals surface area contributed by atoms with E-state index < -0.39 is 34.4 Å². The summed E-state index contributed by atoms with van der Waals surface area (Å²) < 4.78 is 35.4. The summed E-state index contributed by atoms with van der Waals surface area (Å²) in [5.41, 5.74) is -1.10. The minimum absolute atomic E-state index is 0.0470. The van der Waals surface area contributed by atoms with Crippen LogP contribution in [0.4, 0.5) is 19.4 Å². The van der Waals surface area contributed by atoms with Gasteiger partial charge in [0.15, 0.2) is 17.4 Å². The second-order valence-corrected chi connectivity index (χ2v) is 6.65. The smallest absolute Gasteiger partial charge is 0.449 e. The third kappa shape index (κ3) is 3.64. The van der Waals surface area contributed by atoms with Crippen LogP contribution in [0, 0.1) is 17.6 Å². The number of fused-ring (bicyclic) bond motifs is 1. The first-order valence-electron chi connectivity index (χ1n) is 9.15. The molecule has 1 saturated heterocycles. The van der Waals surface area contributed by atoms with Gasteiger partial charge in [-0.15, -0.1) is 0 Å². The van der Waals surface area contributed by atoms with Crippen LogP contribution in [0.5, 0.6) is 5.75 Å². The van der Waals surface area contributed by atoms with Crippen LogP contribution in [0.15, 0.2) is 11.0 Å². The number of aromatic nitrogens is 2. The van der Waals surface area contributed by atoms with Crippen LogP contribution >= 0.6 is 0 Å². The van der Waals surface area contributed by atoms with E-state index >= 15 is 0 Å². The van der Waals surface area contributed by atoms with Gasteiger partial charge in [-0.05, 0) is 32.4 Å². The van der Waals surface area contributed by atoms with Crippen molar-refractivity contribution < 1.29 is 23.4 Å². The zero-order chi connectivity index (χ0) is 20.4. The van der Waals surface area contributed by atoms with E-state index in [1.807, 2.05) is 6.92 Å². The fourth-order valence-corrected chi connectivity index (χ4v) is 3.46. The average molecular weight is 396 g/mol. The van der Waals surface area contributed by atoms with Crippen molar-refractivity contribution in [1.29, 1.82) is 0 Å². The van der Waals surface area contributed by atoms with Crippen molar-refractivity contribution in [3.05, 3.63) is 28.1 Å². The Morgan fingerprint density at radius 2 is 2.14 bits per heavy atom. The maximum absolute atomic E-state index is 14.8. The topological polar surface area (TPSA) is 96.7 Å². The molecule has 1 aliphatic rings. The van der Waals surface area contributed by atoms with E-state index in [9.17, 15) is 18.4 Å². The van der Waals surface area contributed by atoms with E-state index in [1.54, 1.807) is 11.8 Å². The normalized spacial score (nSPS) is 16.7. The third-order valence-corrected chi connectivity index (χ3v) is 4.85. The Labute approximate surface area is 159 Å². The van der Waals surface area contributed by atoms with Gasteiger partial charge in [0.2, 0.25) is 11.2 Å². The summed E-state index contributed by atoms with van der Waals surface area (Å²) in [4.78, 5) is 29.1. The lowest BCUT2D eigenvalue weighted by Gasteiger charge is -2.20. The molecular formula is C18H22F2N4O4. The quantitative estimate of drug-likeness (QED) is 0.723. The first-order valence-corrected chi connectivity index (χ1v) is 9.15. The number of hydrogen-bond donors (Lipinski definition) is 2. The number of rotatable bonds is 6. The van der Waals surface area contributed by atoms with Crippen LogP contribution < -0.4 is 20.4 Å². The van der Waals surface area contributed by atoms with Crippen molar-refractivity contribution in [2.24, 2.45) is 5.92 Å². The minimum Gasteiger partial charge on any atom is -0.449 e. The van der Waals surface area contributed by atoms with Gasteiger partial charge >= 0.3 is 6.16 Å². The highest BCUT2D eigenvalue weighted by Crippen LogP contribution is 2.29. The number of ether oxygens (including phenoxy) is 1. The molecule has 0 radical (unpaired) electrons. The first kappa shape index (κ1) is 20.0. The van der Waals surface area contributed by atoms with Gasteiger partial charge in [-0.1, -0.05) is 6.92 Å². The van der Waals surface area contributed by atoms with E-state index in [0.29, 0.717) is 19.0 Å². The molecule has 2 N–H and O–H groups in total. The van der Waals surface area contributed by atoms with Gasteiger partial charge in [-0.2, -0.15) is 4.39 Å². The van der Waals surface area contributed by atoms with E-state index in [1.165, 1.54) is 4.57 Å². The van der Waals surface area contributed by atoms with Crippen LogP contribution in [-0.4, -0.2) is 47.0 Å². The van der Waals surface area contributed by atoms with Gasteiger partial charge < -0.3 is 24.6 Å². The van der Waals surface area contributed by atoms with Gasteiger partial charge in [0.25, 0.3) is 0 Å². The van der Waals surface area contributed by atoms with Crippen LogP contribution in [0.1, 0.15) is 20.3 Å². The number of carboxylic acid groups (broad SMARTS) is 1. The number of pyridine rings is 2. The van der Waals surface area contributed by atoms with E-state index in [0.717, 1.165) is 25.7 Å². The summed E-state index contributed by atoms with van der Waals surface area (Å²) in [7, 11) is 0. The maximum atomic E-state index is 14.8. The molecule has 3 heterocycles. The van der Waals surface area contributed by atoms with Crippen molar-refractivity contribution in [3.8, 4) is 5.75 Å². The third-order valence-electron chi connectivity index (χ3n) is 4.85. The Kier molecular flexibility index (Phi) is 5.78. The molecule has 0 aliphatic carbocycles. The van der Waals surface area contributed by atoms with Crippen molar-refractivity contribution in [2.45, 2.75) is 26.8 Å². The molecular weight excluding hydrogens is 374 g/mol. The standard InChI is InChI=1S/C18H22F2N4O4/c1-3-21-7-10-5-6-24(8-10)17-14(20)13(19)12-15(25)11(28-18(26)27)9-23(4-2)16(12)22-17/h9-10,21H,3-8H2,1-2H3,(H,26,27). The van der Waals surface area contributed by atoms with Crippen LogP contribution in [0.2, 0.25) is 0 Å². The summed E-state index contributed by atoms with van der Waals surface area (Å²) in [5.74, 6) is -3.01. The first-order chi connectivity index (χ1) is 13.4. The summed E-state index contributed by atoms with van der Waals surface area (Å²) in [6.07, 6.45) is 0.248. The predicted octanol–water partition coefficient (Wildman–Crippen LogP) is 2.19. The molecule has 10 heteroatoms. The summed E-state index contributed by atoms with van der Waals surface area (Å²) in [6, 6.07) is 0. The molecule has 0 amide bonds. The summed E-state index contributed by atoms with van der Waals surface area (Å²) >= 11 is 0. The second-order valence-electron chi connectivity index (χ2n) is 6.65. The number of nitrogens with one attached hydrogen (secondary N) is 1. The maximum Gasteiger partial charge on any atom is 0.511 e. The Balaban J connectivity index is 2.09. The molecule has 0 bridgehead atoms. The summed E-state index contributed by atoms with van der Waals surface area (Å²) in [5, 5.41) is 11.4. The average Bonchev–Trinajstić information content (AvgIpc) is 3.13. The number of hydrogen-bond acceptors (Lipinski definition) is 6. The molecule has 1 aliphatic heterocycles. The number of halogens is 2. The van der Waals surface area contributed by atoms with Gasteiger partial charge in [0, 0.05) is 19.6 Å². The highest BCUT2D eigenvalue weighted by molar-refractivity contribution is 5.80. The molecule has 28 heavy (non-hydrogen) atoms. The van der Waals surface area contributed by atoms with Crippen molar-refractivity contribution in [1.82, 2.24) is 14.9 Å². The monoisotopic (exact) mass is 396 g/mol. The molecule has 8 nitrogen and oxygen atoms in total. The molecule has 2 aromatic rings. The predicted molar refractivity (Wildman–Crippen MR) is 99.1 cm³/mol. The number of anilines is 1. The number of carbonyl (C=O) groups is 1. The molecule has 0 aromatic carbocycles. The fourth-order valence-electron chi connectivity index (χ4n) is 3.46. The molecule has 0 saturated carbocycles. The molecule has 1 atom stereocenters. The Hall–Kier alpha value is -2.75. The van der Waals surface area contributed by atoms with Crippen molar-refractivity contribution >= 4 is 23.0 Å². The highest BCUT2D eigenvalue weighted by Gasteiger charge is 2.29. The zero-order valence-corrected chi connectivity index (χ0v) is 15.7. The summed E-state index contributed by atoms with van der Waals surface area (Å²) in [6.45, 7) is 6.63. The van der Waals surface area contributed by atoms with Gasteiger partial charge in [0.1, 0.15) is 11.0 Å². The zero-order valence-electron chi connectivity index (χ0n) is 15.7. The van der Waals surface area contributed by atoms with E-state index in [2.05, 4.69) is 15.0 Å².